The lowest BCUT2D eigenvalue weighted by molar-refractivity contribution is -0.157. The van der Waals surface area contributed by atoms with Crippen LogP contribution in [0.1, 0.15) is 66.7 Å². The zero-order valence-electron chi connectivity index (χ0n) is 20.7. The van der Waals surface area contributed by atoms with Gasteiger partial charge >= 0.3 is 11.9 Å². The van der Waals surface area contributed by atoms with E-state index in [2.05, 4.69) is 6.92 Å². The molecule has 35 heavy (non-hydrogen) atoms. The van der Waals surface area contributed by atoms with Gasteiger partial charge in [-0.05, 0) is 68.5 Å². The molecular formula is C29H30N2O4. The van der Waals surface area contributed by atoms with Crippen LogP contribution in [-0.2, 0) is 16.0 Å². The van der Waals surface area contributed by atoms with Crippen molar-refractivity contribution >= 4 is 17.6 Å². The lowest BCUT2D eigenvalue weighted by atomic mass is 9.95. The van der Waals surface area contributed by atoms with Crippen molar-refractivity contribution in [2.75, 3.05) is 0 Å². The minimum atomic E-state index is -0.976. The van der Waals surface area contributed by atoms with Crippen LogP contribution in [-0.4, -0.2) is 26.4 Å². The van der Waals surface area contributed by atoms with Gasteiger partial charge in [0.15, 0.2) is 6.10 Å². The van der Waals surface area contributed by atoms with E-state index in [1.165, 1.54) is 0 Å². The largest absolute Gasteiger partial charge is 0.478 e. The number of rotatable bonds is 6. The highest BCUT2D eigenvalue weighted by molar-refractivity contribution is 5.96. The summed E-state index contributed by atoms with van der Waals surface area (Å²) in [5, 5.41) is 9.57. The fourth-order valence-corrected chi connectivity index (χ4v) is 3.99. The fraction of sp³-hybridized carbons (Fsp3) is 0.276. The molecule has 0 fully saturated rings. The number of hydrogen-bond donors (Lipinski definition) is 1. The summed E-state index contributed by atoms with van der Waals surface area (Å²) in [4.78, 5) is 29.4. The van der Waals surface area contributed by atoms with Crippen molar-refractivity contribution in [3.8, 4) is 11.1 Å². The van der Waals surface area contributed by atoms with Gasteiger partial charge in [0.25, 0.3) is 0 Å². The Bertz CT molecular complexity index is 1390. The van der Waals surface area contributed by atoms with Crippen LogP contribution in [0.2, 0.25) is 0 Å². The number of carbonyl (C=O) groups is 2. The molecule has 0 amide bonds. The molecule has 4 aromatic rings. The van der Waals surface area contributed by atoms with Crippen LogP contribution in [0.3, 0.4) is 0 Å². The first-order valence-electron chi connectivity index (χ1n) is 11.7. The molecule has 0 aliphatic rings. The van der Waals surface area contributed by atoms with Crippen LogP contribution in [0.5, 0.6) is 0 Å². The number of ether oxygens (including phenoxy) is 1. The van der Waals surface area contributed by atoms with Gasteiger partial charge in [0, 0.05) is 6.20 Å². The third kappa shape index (κ3) is 4.83. The zero-order chi connectivity index (χ0) is 25.3. The van der Waals surface area contributed by atoms with Crippen molar-refractivity contribution in [2.24, 2.45) is 5.41 Å². The first-order chi connectivity index (χ1) is 16.6. The van der Waals surface area contributed by atoms with E-state index in [1.54, 1.807) is 18.2 Å². The Morgan fingerprint density at radius 3 is 2.34 bits per heavy atom. The number of hydrogen-bond acceptors (Lipinski definition) is 4. The minimum absolute atomic E-state index is 0.238. The number of carboxylic acid groups (broad SMARTS) is 1. The van der Waals surface area contributed by atoms with E-state index >= 15 is 0 Å². The average Bonchev–Trinajstić information content (AvgIpc) is 3.28. The van der Waals surface area contributed by atoms with Gasteiger partial charge in [0.2, 0.25) is 0 Å². The Balaban J connectivity index is 1.83. The second-order valence-corrected chi connectivity index (χ2v) is 9.73. The Morgan fingerprint density at radius 2 is 1.71 bits per heavy atom. The van der Waals surface area contributed by atoms with E-state index in [0.717, 1.165) is 40.1 Å². The predicted molar refractivity (Wildman–Crippen MR) is 136 cm³/mol. The first kappa shape index (κ1) is 24.2. The first-order valence-corrected chi connectivity index (χ1v) is 11.7. The molecule has 0 aliphatic heterocycles. The average molecular weight is 471 g/mol. The standard InChI is InChI=1S/C29H30N2O4/c1-6-21-17-31-24(16-11-18(2)26(31)30-21)25(35-28(34)29(3,4)5)20-14-12-19(13-15-20)22-9-7-8-10-23(22)27(32)33/h7-17,25H,6H2,1-5H3,(H,32,33). The summed E-state index contributed by atoms with van der Waals surface area (Å²) in [6.45, 7) is 9.55. The zero-order valence-corrected chi connectivity index (χ0v) is 20.7. The quantitative estimate of drug-likeness (QED) is 0.337. The highest BCUT2D eigenvalue weighted by Gasteiger charge is 2.29. The molecule has 2 aromatic heterocycles. The van der Waals surface area contributed by atoms with Crippen LogP contribution in [0.25, 0.3) is 16.8 Å². The van der Waals surface area contributed by atoms with Gasteiger partial charge in [0.1, 0.15) is 5.65 Å². The van der Waals surface area contributed by atoms with Gasteiger partial charge in [-0.3, -0.25) is 9.20 Å². The summed E-state index contributed by atoms with van der Waals surface area (Å²) >= 11 is 0. The molecule has 0 bridgehead atoms. The van der Waals surface area contributed by atoms with Gasteiger partial charge in [0.05, 0.1) is 22.4 Å². The molecule has 2 aromatic carbocycles. The van der Waals surface area contributed by atoms with E-state index in [1.807, 2.05) is 80.8 Å². The number of aromatic nitrogens is 2. The molecule has 0 saturated heterocycles. The van der Waals surface area contributed by atoms with Crippen molar-refractivity contribution < 1.29 is 19.4 Å². The predicted octanol–water partition coefficient (Wildman–Crippen LogP) is 6.25. The summed E-state index contributed by atoms with van der Waals surface area (Å²) in [7, 11) is 0. The molecule has 180 valence electrons. The maximum atomic E-state index is 13.0. The van der Waals surface area contributed by atoms with Crippen LogP contribution < -0.4 is 0 Å². The van der Waals surface area contributed by atoms with Crippen LogP contribution in [0.15, 0.2) is 66.9 Å². The third-order valence-corrected chi connectivity index (χ3v) is 6.04. The summed E-state index contributed by atoms with van der Waals surface area (Å²) in [6.07, 6.45) is 2.13. The number of pyridine rings is 1. The highest BCUT2D eigenvalue weighted by atomic mass is 16.5. The summed E-state index contributed by atoms with van der Waals surface area (Å²) in [5.74, 6) is -1.29. The van der Waals surface area contributed by atoms with Crippen molar-refractivity contribution in [1.82, 2.24) is 9.38 Å². The molecule has 0 spiro atoms. The van der Waals surface area contributed by atoms with E-state index in [-0.39, 0.29) is 11.5 Å². The Morgan fingerprint density at radius 1 is 1.03 bits per heavy atom. The number of benzene rings is 2. The van der Waals surface area contributed by atoms with Gasteiger partial charge in [-0.1, -0.05) is 55.5 Å². The molecule has 1 atom stereocenters. The van der Waals surface area contributed by atoms with Crippen LogP contribution >= 0.6 is 0 Å². The highest BCUT2D eigenvalue weighted by Crippen LogP contribution is 2.33. The van der Waals surface area contributed by atoms with Crippen LogP contribution in [0.4, 0.5) is 0 Å². The number of carbonyl (C=O) groups excluding carboxylic acids is 1. The monoisotopic (exact) mass is 470 g/mol. The number of carboxylic acids is 1. The van der Waals surface area contributed by atoms with E-state index in [4.69, 9.17) is 9.72 Å². The van der Waals surface area contributed by atoms with Gasteiger partial charge < -0.3 is 9.84 Å². The molecule has 6 heteroatoms. The maximum Gasteiger partial charge on any atom is 0.336 e. The Hall–Kier alpha value is -3.93. The van der Waals surface area contributed by atoms with E-state index in [0.29, 0.717) is 5.56 Å². The topological polar surface area (TPSA) is 80.9 Å². The second kappa shape index (κ2) is 9.37. The van der Waals surface area contributed by atoms with Gasteiger partial charge in [-0.2, -0.15) is 0 Å². The molecule has 0 aliphatic carbocycles. The number of nitrogens with zero attached hydrogens (tertiary/aromatic N) is 2. The molecule has 1 N–H and O–H groups in total. The van der Waals surface area contributed by atoms with Crippen molar-refractivity contribution in [2.45, 2.75) is 47.1 Å². The molecule has 4 rings (SSSR count). The molecule has 0 radical (unpaired) electrons. The number of aromatic carboxylic acids is 1. The van der Waals surface area contributed by atoms with Crippen molar-refractivity contribution in [3.63, 3.8) is 0 Å². The Kier molecular flexibility index (Phi) is 6.48. The molecule has 6 nitrogen and oxygen atoms in total. The van der Waals surface area contributed by atoms with E-state index < -0.39 is 17.5 Å². The lowest BCUT2D eigenvalue weighted by Gasteiger charge is -2.25. The maximum absolute atomic E-state index is 13.0. The smallest absolute Gasteiger partial charge is 0.336 e. The summed E-state index contributed by atoms with van der Waals surface area (Å²) < 4.78 is 8.11. The lowest BCUT2D eigenvalue weighted by Crippen LogP contribution is -2.26. The SMILES string of the molecule is CCc1cn2c(C(OC(=O)C(C)(C)C)c3ccc(-c4ccccc4C(=O)O)cc3)ccc(C)c2n1. The molecular weight excluding hydrogens is 440 g/mol. The van der Waals surface area contributed by atoms with Gasteiger partial charge in [-0.25, -0.2) is 9.78 Å². The minimum Gasteiger partial charge on any atom is -0.478 e. The molecule has 1 unspecified atom stereocenters. The van der Waals surface area contributed by atoms with Crippen LogP contribution in [0, 0.1) is 12.3 Å². The normalized spacial score (nSPS) is 12.5. The molecule has 0 saturated carbocycles. The second-order valence-electron chi connectivity index (χ2n) is 9.73. The number of aryl methyl sites for hydroxylation is 2. The Labute approximate surface area is 205 Å². The van der Waals surface area contributed by atoms with Crippen molar-refractivity contribution in [3.05, 3.63) is 94.9 Å². The number of imidazole rings is 1. The third-order valence-electron chi connectivity index (χ3n) is 6.04. The number of esters is 1. The summed E-state index contributed by atoms with van der Waals surface area (Å²) in [6, 6.07) is 18.4. The summed E-state index contributed by atoms with van der Waals surface area (Å²) in [5.41, 5.74) is 5.39. The fourth-order valence-electron chi connectivity index (χ4n) is 3.99. The van der Waals surface area contributed by atoms with Crippen molar-refractivity contribution in [1.29, 1.82) is 0 Å². The van der Waals surface area contributed by atoms with E-state index in [9.17, 15) is 14.7 Å². The molecule has 2 heterocycles. The number of fused-ring (bicyclic) bond motifs is 1. The van der Waals surface area contributed by atoms with Gasteiger partial charge in [-0.15, -0.1) is 0 Å².